The molecule has 68 valence electrons. The summed E-state index contributed by atoms with van der Waals surface area (Å²) in [6, 6.07) is 4.39. The van der Waals surface area contributed by atoms with Crippen LogP contribution in [0.1, 0.15) is 23.5 Å². The second kappa shape index (κ2) is 2.83. The van der Waals surface area contributed by atoms with Crippen molar-refractivity contribution in [3.8, 4) is 0 Å². The fourth-order valence-corrected chi connectivity index (χ4v) is 1.83. The summed E-state index contributed by atoms with van der Waals surface area (Å²) in [5, 5.41) is 8.83. The summed E-state index contributed by atoms with van der Waals surface area (Å²) in [7, 11) is 0. The minimum atomic E-state index is -0.857. The Morgan fingerprint density at radius 1 is 1.54 bits per heavy atom. The second-order valence-corrected chi connectivity index (χ2v) is 3.27. The van der Waals surface area contributed by atoms with E-state index in [1.54, 1.807) is 6.07 Å². The fourth-order valence-electron chi connectivity index (χ4n) is 1.83. The normalized spacial score (nSPS) is 19.9. The molecule has 1 aromatic rings. The number of rotatable bonds is 1. The molecule has 13 heavy (non-hydrogen) atoms. The van der Waals surface area contributed by atoms with E-state index in [-0.39, 0.29) is 5.82 Å². The van der Waals surface area contributed by atoms with E-state index in [0.29, 0.717) is 12.0 Å². The summed E-state index contributed by atoms with van der Waals surface area (Å²) in [6.45, 7) is 0. The fraction of sp³-hybridized carbons (Fsp3) is 0.300. The molecule has 1 aromatic carbocycles. The number of halogens is 1. The van der Waals surface area contributed by atoms with Gasteiger partial charge in [0.2, 0.25) is 0 Å². The van der Waals surface area contributed by atoms with E-state index in [1.165, 1.54) is 12.1 Å². The lowest BCUT2D eigenvalue weighted by Crippen LogP contribution is -2.07. The molecule has 0 aliphatic heterocycles. The summed E-state index contributed by atoms with van der Waals surface area (Å²) >= 11 is 0. The van der Waals surface area contributed by atoms with E-state index in [9.17, 15) is 9.18 Å². The standard InChI is InChI=1S/C10H9FO2/c11-7-3-1-6-2-4-8(10(12)13)9(6)5-7/h1,3,5,8H,2,4H2,(H,12,13). The minimum Gasteiger partial charge on any atom is -0.481 e. The van der Waals surface area contributed by atoms with E-state index in [1.807, 2.05) is 0 Å². The Labute approximate surface area is 75.0 Å². The van der Waals surface area contributed by atoms with Crippen LogP contribution in [0.25, 0.3) is 0 Å². The predicted molar refractivity (Wildman–Crippen MR) is 45.1 cm³/mol. The van der Waals surface area contributed by atoms with Gasteiger partial charge in [-0.05, 0) is 36.1 Å². The van der Waals surface area contributed by atoms with Crippen LogP contribution in [0.4, 0.5) is 4.39 Å². The van der Waals surface area contributed by atoms with Crippen molar-refractivity contribution in [1.29, 1.82) is 0 Å². The third-order valence-electron chi connectivity index (χ3n) is 2.48. The highest BCUT2D eigenvalue weighted by Gasteiger charge is 2.28. The monoisotopic (exact) mass is 180 g/mol. The van der Waals surface area contributed by atoms with Gasteiger partial charge in [0.15, 0.2) is 0 Å². The number of aryl methyl sites for hydroxylation is 1. The molecule has 0 saturated carbocycles. The largest absolute Gasteiger partial charge is 0.481 e. The maximum absolute atomic E-state index is 12.8. The molecule has 0 radical (unpaired) electrons. The first kappa shape index (κ1) is 8.23. The molecule has 0 amide bonds. The number of hydrogen-bond acceptors (Lipinski definition) is 1. The van der Waals surface area contributed by atoms with Crippen LogP contribution in [0.5, 0.6) is 0 Å². The van der Waals surface area contributed by atoms with Gasteiger partial charge in [-0.15, -0.1) is 0 Å². The Bertz CT molecular complexity index is 360. The topological polar surface area (TPSA) is 37.3 Å². The van der Waals surface area contributed by atoms with Crippen LogP contribution < -0.4 is 0 Å². The first-order chi connectivity index (χ1) is 6.18. The highest BCUT2D eigenvalue weighted by molar-refractivity contribution is 5.77. The molecule has 3 heteroatoms. The molecule has 1 atom stereocenters. The second-order valence-electron chi connectivity index (χ2n) is 3.27. The Morgan fingerprint density at radius 3 is 3.00 bits per heavy atom. The van der Waals surface area contributed by atoms with Crippen molar-refractivity contribution in [2.75, 3.05) is 0 Å². The van der Waals surface area contributed by atoms with Crippen LogP contribution >= 0.6 is 0 Å². The number of carbonyl (C=O) groups is 1. The molecule has 0 aromatic heterocycles. The number of carboxylic acid groups (broad SMARTS) is 1. The SMILES string of the molecule is O=C(O)C1CCc2ccc(F)cc21. The number of hydrogen-bond donors (Lipinski definition) is 1. The van der Waals surface area contributed by atoms with Gasteiger partial charge in [-0.1, -0.05) is 6.07 Å². The molecule has 1 N–H and O–H groups in total. The number of carboxylic acids is 1. The quantitative estimate of drug-likeness (QED) is 0.717. The van der Waals surface area contributed by atoms with Gasteiger partial charge in [0.05, 0.1) is 5.92 Å². The average molecular weight is 180 g/mol. The summed E-state index contributed by atoms with van der Waals surface area (Å²) in [6.07, 6.45) is 1.33. The van der Waals surface area contributed by atoms with E-state index in [2.05, 4.69) is 0 Å². The average Bonchev–Trinajstić information content (AvgIpc) is 2.46. The van der Waals surface area contributed by atoms with Crippen LogP contribution in [0.2, 0.25) is 0 Å². The van der Waals surface area contributed by atoms with Crippen LogP contribution in [-0.4, -0.2) is 11.1 Å². The lowest BCUT2D eigenvalue weighted by Gasteiger charge is -2.04. The lowest BCUT2D eigenvalue weighted by atomic mass is 10.0. The van der Waals surface area contributed by atoms with Gasteiger partial charge < -0.3 is 5.11 Å². The Kier molecular flexibility index (Phi) is 1.79. The third-order valence-corrected chi connectivity index (χ3v) is 2.48. The van der Waals surface area contributed by atoms with Gasteiger partial charge in [0.25, 0.3) is 0 Å². The summed E-state index contributed by atoms with van der Waals surface area (Å²) < 4.78 is 12.8. The van der Waals surface area contributed by atoms with Crippen molar-refractivity contribution in [2.24, 2.45) is 0 Å². The first-order valence-electron chi connectivity index (χ1n) is 4.19. The molecule has 1 aliphatic rings. The van der Waals surface area contributed by atoms with Crippen LogP contribution in [0.15, 0.2) is 18.2 Å². The Balaban J connectivity index is 2.46. The van der Waals surface area contributed by atoms with Crippen molar-refractivity contribution in [3.63, 3.8) is 0 Å². The predicted octanol–water partition coefficient (Wildman–Crippen LogP) is 1.94. The molecule has 0 fully saturated rings. The van der Waals surface area contributed by atoms with Gasteiger partial charge in [-0.25, -0.2) is 4.39 Å². The van der Waals surface area contributed by atoms with E-state index in [0.717, 1.165) is 12.0 Å². The maximum Gasteiger partial charge on any atom is 0.310 e. The summed E-state index contributed by atoms with van der Waals surface area (Å²) in [4.78, 5) is 10.8. The molecule has 0 saturated heterocycles. The third kappa shape index (κ3) is 1.30. The summed E-state index contributed by atoms with van der Waals surface area (Å²) in [5.74, 6) is -1.72. The minimum absolute atomic E-state index is 0.355. The molecule has 0 heterocycles. The van der Waals surface area contributed by atoms with Crippen LogP contribution in [-0.2, 0) is 11.2 Å². The lowest BCUT2D eigenvalue weighted by molar-refractivity contribution is -0.138. The van der Waals surface area contributed by atoms with Gasteiger partial charge >= 0.3 is 5.97 Å². The van der Waals surface area contributed by atoms with Gasteiger partial charge in [-0.2, -0.15) is 0 Å². The van der Waals surface area contributed by atoms with Crippen molar-refractivity contribution >= 4 is 5.97 Å². The van der Waals surface area contributed by atoms with Gasteiger partial charge in [0, 0.05) is 0 Å². The maximum atomic E-state index is 12.8. The van der Waals surface area contributed by atoms with Crippen LogP contribution in [0, 0.1) is 5.82 Å². The van der Waals surface area contributed by atoms with E-state index in [4.69, 9.17) is 5.11 Å². The molecule has 2 nitrogen and oxygen atoms in total. The molecule has 0 bridgehead atoms. The number of aliphatic carboxylic acids is 1. The van der Waals surface area contributed by atoms with E-state index >= 15 is 0 Å². The van der Waals surface area contributed by atoms with E-state index < -0.39 is 11.9 Å². The van der Waals surface area contributed by atoms with Crippen molar-refractivity contribution in [1.82, 2.24) is 0 Å². The molecular weight excluding hydrogens is 171 g/mol. The highest BCUT2D eigenvalue weighted by Crippen LogP contribution is 2.33. The van der Waals surface area contributed by atoms with Crippen molar-refractivity contribution in [2.45, 2.75) is 18.8 Å². The summed E-state index contributed by atoms with van der Waals surface area (Å²) in [5.41, 5.74) is 1.61. The zero-order valence-electron chi connectivity index (χ0n) is 6.96. The molecular formula is C10H9FO2. The zero-order chi connectivity index (χ0) is 9.42. The van der Waals surface area contributed by atoms with Gasteiger partial charge in [0.1, 0.15) is 5.82 Å². The van der Waals surface area contributed by atoms with Gasteiger partial charge in [-0.3, -0.25) is 4.79 Å². The van der Waals surface area contributed by atoms with Crippen LogP contribution in [0.3, 0.4) is 0 Å². The number of fused-ring (bicyclic) bond motifs is 1. The van der Waals surface area contributed by atoms with Crippen molar-refractivity contribution < 1.29 is 14.3 Å². The zero-order valence-corrected chi connectivity index (χ0v) is 6.96. The first-order valence-corrected chi connectivity index (χ1v) is 4.19. The Hall–Kier alpha value is -1.38. The van der Waals surface area contributed by atoms with Crippen molar-refractivity contribution in [3.05, 3.63) is 35.1 Å². The molecule has 1 unspecified atom stereocenters. The molecule has 1 aliphatic carbocycles. The molecule has 2 rings (SSSR count). The highest BCUT2D eigenvalue weighted by atomic mass is 19.1. The molecule has 0 spiro atoms. The smallest absolute Gasteiger partial charge is 0.310 e. The number of benzene rings is 1. The Morgan fingerprint density at radius 2 is 2.31 bits per heavy atom.